The highest BCUT2D eigenvalue weighted by Gasteiger charge is 2.14. The topological polar surface area (TPSA) is 35.2 Å². The molecule has 1 heterocycles. The minimum atomic E-state index is -0.125. The van der Waals surface area contributed by atoms with Crippen LogP contribution in [0.2, 0.25) is 5.02 Å². The Morgan fingerprint density at radius 3 is 2.55 bits per heavy atom. The SMILES string of the molecule is NCC(Oc1ccc(Cl)c2ccccc12)c1cccs1. The fourth-order valence-corrected chi connectivity index (χ4v) is 3.18. The van der Waals surface area contributed by atoms with E-state index in [0.29, 0.717) is 6.54 Å². The Labute approximate surface area is 126 Å². The normalized spacial score (nSPS) is 12.5. The van der Waals surface area contributed by atoms with Crippen molar-refractivity contribution in [3.63, 3.8) is 0 Å². The number of nitrogens with two attached hydrogens (primary N) is 1. The average Bonchev–Trinajstić information content (AvgIpc) is 3.01. The van der Waals surface area contributed by atoms with Gasteiger partial charge in [-0.3, -0.25) is 0 Å². The van der Waals surface area contributed by atoms with Crippen LogP contribution in [0, 0.1) is 0 Å². The number of rotatable bonds is 4. The van der Waals surface area contributed by atoms with Crippen molar-refractivity contribution in [2.45, 2.75) is 6.10 Å². The van der Waals surface area contributed by atoms with Gasteiger partial charge in [0, 0.05) is 27.2 Å². The molecule has 4 heteroatoms. The van der Waals surface area contributed by atoms with Gasteiger partial charge in [0.15, 0.2) is 0 Å². The molecule has 102 valence electrons. The van der Waals surface area contributed by atoms with Crippen molar-refractivity contribution >= 4 is 33.7 Å². The molecule has 0 aliphatic rings. The average molecular weight is 304 g/mol. The van der Waals surface area contributed by atoms with E-state index in [1.54, 1.807) is 11.3 Å². The number of ether oxygens (including phenoxy) is 1. The van der Waals surface area contributed by atoms with Crippen LogP contribution in [-0.4, -0.2) is 6.54 Å². The lowest BCUT2D eigenvalue weighted by Gasteiger charge is -2.18. The van der Waals surface area contributed by atoms with Gasteiger partial charge < -0.3 is 10.5 Å². The Morgan fingerprint density at radius 1 is 1.05 bits per heavy atom. The molecule has 0 spiro atoms. The van der Waals surface area contributed by atoms with Gasteiger partial charge in [-0.25, -0.2) is 0 Å². The van der Waals surface area contributed by atoms with Crippen molar-refractivity contribution in [1.82, 2.24) is 0 Å². The van der Waals surface area contributed by atoms with Gasteiger partial charge in [-0.05, 0) is 23.6 Å². The largest absolute Gasteiger partial charge is 0.483 e. The molecular weight excluding hydrogens is 290 g/mol. The first kappa shape index (κ1) is 13.4. The molecule has 1 aromatic heterocycles. The van der Waals surface area contributed by atoms with Crippen LogP contribution in [0.3, 0.4) is 0 Å². The van der Waals surface area contributed by atoms with E-state index in [1.165, 1.54) is 0 Å². The Kier molecular flexibility index (Phi) is 3.92. The van der Waals surface area contributed by atoms with E-state index in [2.05, 4.69) is 0 Å². The molecule has 2 nitrogen and oxygen atoms in total. The second-order valence-electron chi connectivity index (χ2n) is 4.45. The van der Waals surface area contributed by atoms with E-state index in [-0.39, 0.29) is 6.10 Å². The van der Waals surface area contributed by atoms with Gasteiger partial charge in [-0.15, -0.1) is 11.3 Å². The summed E-state index contributed by atoms with van der Waals surface area (Å²) in [5.74, 6) is 0.814. The minimum Gasteiger partial charge on any atom is -0.483 e. The molecule has 0 fully saturated rings. The highest BCUT2D eigenvalue weighted by molar-refractivity contribution is 7.10. The maximum Gasteiger partial charge on any atom is 0.145 e. The zero-order chi connectivity index (χ0) is 13.9. The summed E-state index contributed by atoms with van der Waals surface area (Å²) in [7, 11) is 0. The molecule has 1 atom stereocenters. The quantitative estimate of drug-likeness (QED) is 0.762. The van der Waals surface area contributed by atoms with Crippen LogP contribution in [0.1, 0.15) is 11.0 Å². The minimum absolute atomic E-state index is 0.125. The summed E-state index contributed by atoms with van der Waals surface area (Å²) in [6.45, 7) is 0.442. The smallest absolute Gasteiger partial charge is 0.145 e. The highest BCUT2D eigenvalue weighted by Crippen LogP contribution is 2.34. The first-order valence-corrected chi connectivity index (χ1v) is 7.62. The second-order valence-corrected chi connectivity index (χ2v) is 5.84. The van der Waals surface area contributed by atoms with Crippen LogP contribution >= 0.6 is 22.9 Å². The third kappa shape index (κ3) is 2.52. The Morgan fingerprint density at radius 2 is 1.85 bits per heavy atom. The Hall–Kier alpha value is -1.55. The predicted molar refractivity (Wildman–Crippen MR) is 85.7 cm³/mol. The molecule has 0 amide bonds. The molecule has 0 saturated carbocycles. The highest BCUT2D eigenvalue weighted by atomic mass is 35.5. The number of hydrogen-bond acceptors (Lipinski definition) is 3. The fraction of sp³-hybridized carbons (Fsp3) is 0.125. The van der Waals surface area contributed by atoms with E-state index in [9.17, 15) is 0 Å². The summed E-state index contributed by atoms with van der Waals surface area (Å²) < 4.78 is 6.10. The van der Waals surface area contributed by atoms with Crippen LogP contribution in [0.4, 0.5) is 0 Å². The van der Waals surface area contributed by atoms with Gasteiger partial charge in [0.25, 0.3) is 0 Å². The van der Waals surface area contributed by atoms with E-state index in [0.717, 1.165) is 26.4 Å². The summed E-state index contributed by atoms with van der Waals surface area (Å²) >= 11 is 7.87. The van der Waals surface area contributed by atoms with Crippen molar-refractivity contribution in [3.8, 4) is 5.75 Å². The van der Waals surface area contributed by atoms with Gasteiger partial charge >= 0.3 is 0 Å². The van der Waals surface area contributed by atoms with Crippen LogP contribution in [0.15, 0.2) is 53.9 Å². The molecule has 0 aliphatic heterocycles. The number of benzene rings is 2. The first-order chi connectivity index (χ1) is 9.79. The number of halogens is 1. The van der Waals surface area contributed by atoms with E-state index < -0.39 is 0 Å². The van der Waals surface area contributed by atoms with E-state index in [1.807, 2.05) is 53.9 Å². The molecule has 3 aromatic rings. The third-order valence-electron chi connectivity index (χ3n) is 3.17. The lowest BCUT2D eigenvalue weighted by atomic mass is 10.1. The predicted octanol–water partition coefficient (Wildman–Crippen LogP) is 4.63. The van der Waals surface area contributed by atoms with Crippen molar-refractivity contribution in [1.29, 1.82) is 0 Å². The molecule has 3 rings (SSSR count). The van der Waals surface area contributed by atoms with Crippen LogP contribution in [-0.2, 0) is 0 Å². The molecule has 0 radical (unpaired) electrons. The molecule has 0 saturated heterocycles. The van der Waals surface area contributed by atoms with Gasteiger partial charge in [-0.1, -0.05) is 41.9 Å². The lowest BCUT2D eigenvalue weighted by molar-refractivity contribution is 0.221. The lowest BCUT2D eigenvalue weighted by Crippen LogP contribution is -2.17. The fourth-order valence-electron chi connectivity index (χ4n) is 2.19. The van der Waals surface area contributed by atoms with Gasteiger partial charge in [0.05, 0.1) is 0 Å². The summed E-state index contributed by atoms with van der Waals surface area (Å²) in [5, 5.41) is 4.76. The molecule has 2 N–H and O–H groups in total. The van der Waals surface area contributed by atoms with Gasteiger partial charge in [0.1, 0.15) is 11.9 Å². The zero-order valence-electron chi connectivity index (χ0n) is 10.8. The molecule has 0 aliphatic carbocycles. The van der Waals surface area contributed by atoms with Crippen molar-refractivity contribution in [2.24, 2.45) is 5.73 Å². The van der Waals surface area contributed by atoms with Crippen molar-refractivity contribution < 1.29 is 4.74 Å². The third-order valence-corrected chi connectivity index (χ3v) is 4.47. The van der Waals surface area contributed by atoms with Crippen LogP contribution in [0.5, 0.6) is 5.75 Å². The summed E-state index contributed by atoms with van der Waals surface area (Å²) in [4.78, 5) is 1.13. The Bertz CT molecular complexity index is 712. The molecule has 1 unspecified atom stereocenters. The maximum absolute atomic E-state index is 6.22. The first-order valence-electron chi connectivity index (χ1n) is 6.37. The van der Waals surface area contributed by atoms with Crippen molar-refractivity contribution in [3.05, 3.63) is 63.8 Å². The zero-order valence-corrected chi connectivity index (χ0v) is 12.3. The molecule has 2 aromatic carbocycles. The van der Waals surface area contributed by atoms with Gasteiger partial charge in [-0.2, -0.15) is 0 Å². The van der Waals surface area contributed by atoms with Crippen LogP contribution in [0.25, 0.3) is 10.8 Å². The summed E-state index contributed by atoms with van der Waals surface area (Å²) in [6.07, 6.45) is -0.125. The summed E-state index contributed by atoms with van der Waals surface area (Å²) in [5.41, 5.74) is 5.84. The number of hydrogen-bond donors (Lipinski definition) is 1. The van der Waals surface area contributed by atoms with Crippen LogP contribution < -0.4 is 10.5 Å². The molecular formula is C16H14ClNOS. The molecule has 0 bridgehead atoms. The van der Waals surface area contributed by atoms with E-state index in [4.69, 9.17) is 22.1 Å². The van der Waals surface area contributed by atoms with Crippen molar-refractivity contribution in [2.75, 3.05) is 6.54 Å². The van der Waals surface area contributed by atoms with Gasteiger partial charge in [0.2, 0.25) is 0 Å². The standard InChI is InChI=1S/C16H14ClNOS/c17-13-7-8-14(12-5-2-1-4-11(12)13)19-15(10-18)16-6-3-9-20-16/h1-9,15H,10,18H2. The second kappa shape index (κ2) is 5.83. The number of thiophene rings is 1. The monoisotopic (exact) mass is 303 g/mol. The summed E-state index contributed by atoms with van der Waals surface area (Å²) in [6, 6.07) is 15.8. The Balaban J connectivity index is 2.00. The number of fused-ring (bicyclic) bond motifs is 1. The molecule has 20 heavy (non-hydrogen) atoms. The maximum atomic E-state index is 6.22. The van der Waals surface area contributed by atoms with E-state index >= 15 is 0 Å².